The molecule has 1 aromatic heterocycles. The van der Waals surface area contributed by atoms with Gasteiger partial charge in [0.2, 0.25) is 5.01 Å². The van der Waals surface area contributed by atoms with Crippen LogP contribution in [0.15, 0.2) is 48.5 Å². The number of amides is 2. The lowest BCUT2D eigenvalue weighted by Crippen LogP contribution is -2.23. The van der Waals surface area contributed by atoms with E-state index in [1.54, 1.807) is 38.3 Å². The molecule has 27 heavy (non-hydrogen) atoms. The van der Waals surface area contributed by atoms with Crippen molar-refractivity contribution in [3.05, 3.63) is 69.7 Å². The number of hydrogen-bond acceptors (Lipinski definition) is 6. The van der Waals surface area contributed by atoms with Crippen molar-refractivity contribution in [2.75, 3.05) is 12.4 Å². The van der Waals surface area contributed by atoms with E-state index in [4.69, 9.17) is 4.74 Å². The normalized spacial score (nSPS) is 10.3. The van der Waals surface area contributed by atoms with E-state index in [-0.39, 0.29) is 16.8 Å². The second-order valence-corrected chi connectivity index (χ2v) is 6.87. The molecule has 0 bridgehead atoms. The first-order valence-electron chi connectivity index (χ1n) is 8.18. The lowest BCUT2D eigenvalue weighted by molar-refractivity contribution is 0.0949. The summed E-state index contributed by atoms with van der Waals surface area (Å²) in [6, 6.07) is 14.2. The van der Waals surface area contributed by atoms with Crippen molar-refractivity contribution in [1.29, 1.82) is 0 Å². The Morgan fingerprint density at radius 2 is 1.85 bits per heavy atom. The maximum atomic E-state index is 12.4. The third kappa shape index (κ3) is 4.89. The van der Waals surface area contributed by atoms with Crippen molar-refractivity contribution < 1.29 is 14.3 Å². The van der Waals surface area contributed by atoms with Gasteiger partial charge in [-0.05, 0) is 42.8 Å². The van der Waals surface area contributed by atoms with Crippen LogP contribution >= 0.6 is 11.3 Å². The largest absolute Gasteiger partial charge is 0.497 e. The van der Waals surface area contributed by atoms with Crippen LogP contribution in [0.2, 0.25) is 0 Å². The van der Waals surface area contributed by atoms with Gasteiger partial charge in [-0.3, -0.25) is 9.59 Å². The molecule has 0 aliphatic rings. The number of anilines is 1. The highest BCUT2D eigenvalue weighted by molar-refractivity contribution is 7.13. The first kappa shape index (κ1) is 18.5. The number of nitrogens with one attached hydrogen (secondary N) is 2. The molecule has 0 saturated heterocycles. The summed E-state index contributed by atoms with van der Waals surface area (Å²) in [5, 5.41) is 14.2. The van der Waals surface area contributed by atoms with E-state index in [2.05, 4.69) is 20.8 Å². The van der Waals surface area contributed by atoms with Crippen LogP contribution in [-0.4, -0.2) is 29.1 Å². The molecule has 0 saturated carbocycles. The van der Waals surface area contributed by atoms with Crippen molar-refractivity contribution >= 4 is 28.8 Å². The van der Waals surface area contributed by atoms with E-state index < -0.39 is 0 Å². The zero-order valence-electron chi connectivity index (χ0n) is 14.9. The number of carbonyl (C=O) groups excluding carboxylic acids is 2. The van der Waals surface area contributed by atoms with Gasteiger partial charge in [0.25, 0.3) is 11.8 Å². The fourth-order valence-corrected chi connectivity index (χ4v) is 2.93. The minimum atomic E-state index is -0.351. The maximum absolute atomic E-state index is 12.4. The summed E-state index contributed by atoms with van der Waals surface area (Å²) in [6.45, 7) is 2.17. The Morgan fingerprint density at radius 1 is 1.07 bits per heavy atom. The van der Waals surface area contributed by atoms with Crippen LogP contribution in [0.25, 0.3) is 0 Å². The molecule has 0 aliphatic heterocycles. The highest BCUT2D eigenvalue weighted by Crippen LogP contribution is 2.15. The van der Waals surface area contributed by atoms with E-state index in [0.717, 1.165) is 11.3 Å². The van der Waals surface area contributed by atoms with Crippen molar-refractivity contribution in [3.63, 3.8) is 0 Å². The first-order valence-corrected chi connectivity index (χ1v) is 8.99. The van der Waals surface area contributed by atoms with Gasteiger partial charge in [0.1, 0.15) is 10.8 Å². The molecule has 138 valence electrons. The van der Waals surface area contributed by atoms with Crippen LogP contribution in [0.1, 0.15) is 30.7 Å². The van der Waals surface area contributed by atoms with Crippen LogP contribution in [0.3, 0.4) is 0 Å². The molecule has 1 heterocycles. The fraction of sp³-hybridized carbons (Fsp3) is 0.158. The quantitative estimate of drug-likeness (QED) is 0.683. The van der Waals surface area contributed by atoms with Gasteiger partial charge in [0.15, 0.2) is 0 Å². The Bertz CT molecular complexity index is 954. The Morgan fingerprint density at radius 3 is 2.52 bits per heavy atom. The van der Waals surface area contributed by atoms with Crippen LogP contribution in [0.4, 0.5) is 5.69 Å². The van der Waals surface area contributed by atoms with E-state index in [9.17, 15) is 9.59 Å². The Kier molecular flexibility index (Phi) is 5.77. The fourth-order valence-electron chi connectivity index (χ4n) is 2.34. The smallest absolute Gasteiger partial charge is 0.286 e. The Balaban J connectivity index is 1.61. The van der Waals surface area contributed by atoms with Crippen molar-refractivity contribution in [1.82, 2.24) is 15.5 Å². The average Bonchev–Trinajstić information content (AvgIpc) is 3.13. The lowest BCUT2D eigenvalue weighted by atomic mass is 10.1. The third-order valence-corrected chi connectivity index (χ3v) is 4.55. The van der Waals surface area contributed by atoms with E-state index in [1.807, 2.05) is 24.3 Å². The molecule has 2 aromatic carbocycles. The minimum absolute atomic E-state index is 0.228. The summed E-state index contributed by atoms with van der Waals surface area (Å²) in [5.74, 6) is 0.184. The van der Waals surface area contributed by atoms with Crippen LogP contribution < -0.4 is 15.4 Å². The number of rotatable bonds is 6. The second-order valence-electron chi connectivity index (χ2n) is 5.69. The zero-order valence-corrected chi connectivity index (χ0v) is 15.7. The summed E-state index contributed by atoms with van der Waals surface area (Å²) in [6.07, 6.45) is 0. The van der Waals surface area contributed by atoms with Gasteiger partial charge in [0.05, 0.1) is 7.11 Å². The Hall–Kier alpha value is -3.26. The first-order chi connectivity index (χ1) is 13.0. The van der Waals surface area contributed by atoms with Gasteiger partial charge < -0.3 is 15.4 Å². The molecule has 0 fully saturated rings. The highest BCUT2D eigenvalue weighted by atomic mass is 32.1. The molecule has 0 radical (unpaired) electrons. The SMILES string of the molecule is COc1ccc(CNC(=O)c2cccc(NC(=O)c3nnc(C)s3)c2)cc1. The number of nitrogens with zero attached hydrogens (tertiary/aromatic N) is 2. The molecule has 0 unspecified atom stereocenters. The summed E-state index contributed by atoms with van der Waals surface area (Å²) in [4.78, 5) is 24.5. The third-order valence-electron chi connectivity index (χ3n) is 3.72. The molecule has 8 heteroatoms. The van der Waals surface area contributed by atoms with E-state index in [1.165, 1.54) is 11.3 Å². The molecule has 2 amide bonds. The van der Waals surface area contributed by atoms with Crippen molar-refractivity contribution in [2.45, 2.75) is 13.5 Å². The monoisotopic (exact) mass is 382 g/mol. The van der Waals surface area contributed by atoms with Crippen molar-refractivity contribution in [3.8, 4) is 5.75 Å². The van der Waals surface area contributed by atoms with Gasteiger partial charge in [0, 0.05) is 17.8 Å². The summed E-state index contributed by atoms with van der Waals surface area (Å²) >= 11 is 1.21. The van der Waals surface area contributed by atoms with Crippen LogP contribution in [0.5, 0.6) is 5.75 Å². The number of carbonyl (C=O) groups is 2. The molecule has 0 spiro atoms. The zero-order chi connectivity index (χ0) is 19.2. The van der Waals surface area contributed by atoms with Gasteiger partial charge in [-0.1, -0.05) is 29.5 Å². The number of aryl methyl sites for hydroxylation is 1. The predicted molar refractivity (Wildman–Crippen MR) is 103 cm³/mol. The number of methoxy groups -OCH3 is 1. The molecule has 0 aliphatic carbocycles. The minimum Gasteiger partial charge on any atom is -0.497 e. The number of aromatic nitrogens is 2. The average molecular weight is 382 g/mol. The Labute approximate surface area is 160 Å². The van der Waals surface area contributed by atoms with Gasteiger partial charge in [-0.15, -0.1) is 10.2 Å². The molecule has 7 nitrogen and oxygen atoms in total. The van der Waals surface area contributed by atoms with Crippen LogP contribution in [0, 0.1) is 6.92 Å². The summed E-state index contributed by atoms with van der Waals surface area (Å²) < 4.78 is 5.11. The van der Waals surface area contributed by atoms with Gasteiger partial charge >= 0.3 is 0 Å². The van der Waals surface area contributed by atoms with Gasteiger partial charge in [-0.2, -0.15) is 0 Å². The molecular weight excluding hydrogens is 364 g/mol. The second kappa shape index (κ2) is 8.41. The van der Waals surface area contributed by atoms with Crippen LogP contribution in [-0.2, 0) is 6.54 Å². The van der Waals surface area contributed by atoms with Crippen molar-refractivity contribution in [2.24, 2.45) is 0 Å². The molecule has 3 aromatic rings. The maximum Gasteiger partial charge on any atom is 0.286 e. The number of benzene rings is 2. The molecular formula is C19H18N4O3S. The number of hydrogen-bond donors (Lipinski definition) is 2. The lowest BCUT2D eigenvalue weighted by Gasteiger charge is -2.08. The molecule has 3 rings (SSSR count). The van der Waals surface area contributed by atoms with Gasteiger partial charge in [-0.25, -0.2) is 0 Å². The molecule has 2 N–H and O–H groups in total. The standard InChI is InChI=1S/C19H18N4O3S/c1-12-22-23-19(27-12)18(25)21-15-5-3-4-14(10-15)17(24)20-11-13-6-8-16(26-2)9-7-13/h3-10H,11H2,1-2H3,(H,20,24)(H,21,25). The topological polar surface area (TPSA) is 93.2 Å². The predicted octanol–water partition coefficient (Wildman–Crippen LogP) is 3.04. The summed E-state index contributed by atoms with van der Waals surface area (Å²) in [5.41, 5.74) is 1.93. The number of ether oxygens (including phenoxy) is 1. The van der Waals surface area contributed by atoms with E-state index in [0.29, 0.717) is 22.8 Å². The highest BCUT2D eigenvalue weighted by Gasteiger charge is 2.13. The van der Waals surface area contributed by atoms with E-state index >= 15 is 0 Å². The molecule has 0 atom stereocenters. The summed E-state index contributed by atoms with van der Waals surface area (Å²) in [7, 11) is 1.61.